The lowest BCUT2D eigenvalue weighted by atomic mass is 10.1. The fraction of sp³-hybridized carbons (Fsp3) is 0.389. The molecular weight excluding hydrogens is 306 g/mol. The number of pyridine rings is 1. The van der Waals surface area contributed by atoms with Crippen LogP contribution >= 0.6 is 0 Å². The van der Waals surface area contributed by atoms with Crippen LogP contribution in [0.15, 0.2) is 47.2 Å². The Morgan fingerprint density at radius 2 is 2.29 bits per heavy atom. The molecule has 6 nitrogen and oxygen atoms in total. The highest BCUT2D eigenvalue weighted by molar-refractivity contribution is 5.89. The smallest absolute Gasteiger partial charge is 0.225 e. The second kappa shape index (κ2) is 7.29. The molecular formula is C18H21N3O3. The molecule has 3 rings (SSSR count). The van der Waals surface area contributed by atoms with Crippen LogP contribution in [0.1, 0.15) is 24.8 Å². The van der Waals surface area contributed by atoms with Crippen LogP contribution in [-0.2, 0) is 22.6 Å². The van der Waals surface area contributed by atoms with Crippen LogP contribution in [0.3, 0.4) is 0 Å². The first kappa shape index (κ1) is 16.2. The molecule has 2 atom stereocenters. The number of likely N-dealkylation sites (tertiary alicyclic amines) is 1. The number of nitrogens with zero attached hydrogens (tertiary/aromatic N) is 2. The molecule has 1 saturated heterocycles. The molecule has 126 valence electrons. The molecule has 0 saturated carbocycles. The normalized spacial score (nSPS) is 18.6. The van der Waals surface area contributed by atoms with Crippen LogP contribution in [-0.4, -0.2) is 34.3 Å². The van der Waals surface area contributed by atoms with E-state index in [0.29, 0.717) is 19.5 Å². The van der Waals surface area contributed by atoms with Gasteiger partial charge in [-0.05, 0) is 31.2 Å². The van der Waals surface area contributed by atoms with Crippen LogP contribution < -0.4 is 5.32 Å². The van der Waals surface area contributed by atoms with E-state index in [1.165, 1.54) is 0 Å². The number of amides is 2. The van der Waals surface area contributed by atoms with Gasteiger partial charge in [-0.2, -0.15) is 0 Å². The summed E-state index contributed by atoms with van der Waals surface area (Å²) in [4.78, 5) is 30.5. The van der Waals surface area contributed by atoms with E-state index in [2.05, 4.69) is 10.3 Å². The largest absolute Gasteiger partial charge is 0.469 e. The maximum Gasteiger partial charge on any atom is 0.225 e. The van der Waals surface area contributed by atoms with Gasteiger partial charge in [-0.1, -0.05) is 6.07 Å². The predicted molar refractivity (Wildman–Crippen MR) is 87.8 cm³/mol. The minimum absolute atomic E-state index is 0.000472. The number of hydrogen-bond acceptors (Lipinski definition) is 4. The minimum atomic E-state index is -0.305. The van der Waals surface area contributed by atoms with Gasteiger partial charge in [-0.25, -0.2) is 0 Å². The van der Waals surface area contributed by atoms with Crippen molar-refractivity contribution in [2.45, 2.75) is 32.4 Å². The number of rotatable bonds is 6. The van der Waals surface area contributed by atoms with Crippen LogP contribution in [0, 0.1) is 5.92 Å². The molecule has 0 unspecified atom stereocenters. The third-order valence-corrected chi connectivity index (χ3v) is 4.14. The van der Waals surface area contributed by atoms with E-state index in [1.807, 2.05) is 37.3 Å². The molecule has 6 heteroatoms. The summed E-state index contributed by atoms with van der Waals surface area (Å²) < 4.78 is 5.29. The third kappa shape index (κ3) is 4.01. The van der Waals surface area contributed by atoms with Crippen molar-refractivity contribution in [1.29, 1.82) is 0 Å². The monoisotopic (exact) mass is 327 g/mol. The zero-order valence-corrected chi connectivity index (χ0v) is 13.6. The van der Waals surface area contributed by atoms with Gasteiger partial charge in [0.25, 0.3) is 0 Å². The second-order valence-electron chi connectivity index (χ2n) is 6.19. The Hall–Kier alpha value is -2.63. The van der Waals surface area contributed by atoms with Crippen LogP contribution in [0.5, 0.6) is 0 Å². The van der Waals surface area contributed by atoms with E-state index >= 15 is 0 Å². The predicted octanol–water partition coefficient (Wildman–Crippen LogP) is 1.77. The number of aromatic nitrogens is 1. The van der Waals surface area contributed by atoms with Crippen LogP contribution in [0.25, 0.3) is 0 Å². The van der Waals surface area contributed by atoms with Crippen molar-refractivity contribution in [2.75, 3.05) is 6.54 Å². The molecule has 2 amide bonds. The van der Waals surface area contributed by atoms with Gasteiger partial charge in [-0.3, -0.25) is 14.6 Å². The average Bonchev–Trinajstić information content (AvgIpc) is 3.19. The first-order valence-electron chi connectivity index (χ1n) is 8.12. The molecule has 0 spiro atoms. The fourth-order valence-electron chi connectivity index (χ4n) is 2.93. The summed E-state index contributed by atoms with van der Waals surface area (Å²) in [6.45, 7) is 2.82. The molecule has 1 aliphatic rings. The van der Waals surface area contributed by atoms with Crippen molar-refractivity contribution in [3.63, 3.8) is 0 Å². The van der Waals surface area contributed by atoms with Gasteiger partial charge in [0.15, 0.2) is 0 Å². The minimum Gasteiger partial charge on any atom is -0.469 e. The summed E-state index contributed by atoms with van der Waals surface area (Å²) in [7, 11) is 0. The summed E-state index contributed by atoms with van der Waals surface area (Å²) in [6.07, 6.45) is 4.22. The van der Waals surface area contributed by atoms with E-state index in [1.54, 1.807) is 17.4 Å². The van der Waals surface area contributed by atoms with Gasteiger partial charge < -0.3 is 14.6 Å². The van der Waals surface area contributed by atoms with Crippen molar-refractivity contribution in [2.24, 2.45) is 5.92 Å². The Balaban J connectivity index is 1.52. The molecule has 24 heavy (non-hydrogen) atoms. The molecule has 1 fully saturated rings. The summed E-state index contributed by atoms with van der Waals surface area (Å²) >= 11 is 0. The lowest BCUT2D eigenvalue weighted by Crippen LogP contribution is -2.39. The van der Waals surface area contributed by atoms with E-state index in [0.717, 1.165) is 11.5 Å². The van der Waals surface area contributed by atoms with Crippen molar-refractivity contribution >= 4 is 11.8 Å². The van der Waals surface area contributed by atoms with Crippen molar-refractivity contribution in [3.8, 4) is 0 Å². The first-order valence-corrected chi connectivity index (χ1v) is 8.12. The Bertz CT molecular complexity index is 685. The van der Waals surface area contributed by atoms with E-state index in [9.17, 15) is 9.59 Å². The van der Waals surface area contributed by atoms with Gasteiger partial charge in [-0.15, -0.1) is 0 Å². The van der Waals surface area contributed by atoms with Gasteiger partial charge >= 0.3 is 0 Å². The van der Waals surface area contributed by atoms with Crippen molar-refractivity contribution in [3.05, 3.63) is 54.2 Å². The molecule has 2 aromatic heterocycles. The molecule has 0 aliphatic carbocycles. The van der Waals surface area contributed by atoms with E-state index < -0.39 is 0 Å². The van der Waals surface area contributed by atoms with Gasteiger partial charge in [0.1, 0.15) is 5.76 Å². The number of carbonyl (C=O) groups is 2. The molecule has 1 aliphatic heterocycles. The lowest BCUT2D eigenvalue weighted by Gasteiger charge is -2.18. The van der Waals surface area contributed by atoms with Crippen molar-refractivity contribution in [1.82, 2.24) is 15.2 Å². The molecule has 0 aromatic carbocycles. The summed E-state index contributed by atoms with van der Waals surface area (Å²) in [5, 5.41) is 2.97. The summed E-state index contributed by atoms with van der Waals surface area (Å²) in [5.74, 6) is 0.452. The Kier molecular flexibility index (Phi) is 4.93. The van der Waals surface area contributed by atoms with Gasteiger partial charge in [0, 0.05) is 31.6 Å². The SMILES string of the molecule is C[C@H](Cc1ccco1)NC(=O)[C@H]1CC(=O)N(Cc2ccccn2)C1. The molecule has 0 radical (unpaired) electrons. The highest BCUT2D eigenvalue weighted by Gasteiger charge is 2.34. The molecule has 0 bridgehead atoms. The number of nitrogens with one attached hydrogen (secondary N) is 1. The fourth-order valence-corrected chi connectivity index (χ4v) is 2.93. The highest BCUT2D eigenvalue weighted by atomic mass is 16.3. The quantitative estimate of drug-likeness (QED) is 0.877. The zero-order chi connectivity index (χ0) is 16.9. The maximum atomic E-state index is 12.4. The number of carbonyl (C=O) groups excluding carboxylic acids is 2. The van der Waals surface area contributed by atoms with Gasteiger partial charge in [0.2, 0.25) is 11.8 Å². The summed E-state index contributed by atoms with van der Waals surface area (Å²) in [6, 6.07) is 9.29. The maximum absolute atomic E-state index is 12.4. The topological polar surface area (TPSA) is 75.4 Å². The average molecular weight is 327 g/mol. The first-order chi connectivity index (χ1) is 11.6. The Morgan fingerprint density at radius 3 is 3.00 bits per heavy atom. The second-order valence-corrected chi connectivity index (χ2v) is 6.19. The Labute approximate surface area is 140 Å². The molecule has 1 N–H and O–H groups in total. The molecule has 2 aromatic rings. The lowest BCUT2D eigenvalue weighted by molar-refractivity contribution is -0.129. The number of furan rings is 1. The third-order valence-electron chi connectivity index (χ3n) is 4.14. The van der Waals surface area contributed by atoms with E-state index in [4.69, 9.17) is 4.42 Å². The molecule has 3 heterocycles. The summed E-state index contributed by atoms with van der Waals surface area (Å²) in [5.41, 5.74) is 0.832. The van der Waals surface area contributed by atoms with Crippen molar-refractivity contribution < 1.29 is 14.0 Å². The number of hydrogen-bond donors (Lipinski definition) is 1. The highest BCUT2D eigenvalue weighted by Crippen LogP contribution is 2.20. The van der Waals surface area contributed by atoms with Crippen LogP contribution in [0.2, 0.25) is 0 Å². The van der Waals surface area contributed by atoms with E-state index in [-0.39, 0.29) is 30.2 Å². The van der Waals surface area contributed by atoms with Crippen LogP contribution in [0.4, 0.5) is 0 Å². The van der Waals surface area contributed by atoms with Gasteiger partial charge in [0.05, 0.1) is 24.4 Å². The zero-order valence-electron chi connectivity index (χ0n) is 13.6. The Morgan fingerprint density at radius 1 is 1.42 bits per heavy atom. The standard InChI is InChI=1S/C18H21N3O3/c1-13(9-16-6-4-8-24-16)20-18(23)14-10-17(22)21(11-14)12-15-5-2-3-7-19-15/h2-8,13-14H,9-12H2,1H3,(H,20,23)/t13-,14+/m1/s1.